The number of carbonyl (C=O) groups is 1. The van der Waals surface area contributed by atoms with Gasteiger partial charge in [0.15, 0.2) is 0 Å². The van der Waals surface area contributed by atoms with Crippen LogP contribution in [0, 0.1) is 0 Å². The number of nitrogens with zero attached hydrogens (tertiary/aromatic N) is 2. The minimum Gasteiger partial charge on any atom is -0.383 e. The number of nitrogens with two attached hydrogens (primary N) is 1. The number of aromatic nitrogens is 1. The Morgan fingerprint density at radius 2 is 2.33 bits per heavy atom. The van der Waals surface area contributed by atoms with E-state index < -0.39 is 0 Å². The van der Waals surface area contributed by atoms with Crippen molar-refractivity contribution < 1.29 is 9.53 Å². The number of amides is 1. The van der Waals surface area contributed by atoms with Crippen LogP contribution in [0.2, 0.25) is 0 Å². The van der Waals surface area contributed by atoms with E-state index in [9.17, 15) is 4.79 Å². The SMILES string of the molecule is CCN(C(=O)c1ccnc(CN)c1)C(C)COC. The maximum absolute atomic E-state index is 12.4. The Labute approximate surface area is 108 Å². The van der Waals surface area contributed by atoms with E-state index in [1.165, 1.54) is 0 Å². The van der Waals surface area contributed by atoms with Crippen LogP contribution >= 0.6 is 0 Å². The van der Waals surface area contributed by atoms with Crippen LogP contribution in [0.4, 0.5) is 0 Å². The molecule has 1 unspecified atom stereocenters. The van der Waals surface area contributed by atoms with Crippen LogP contribution in [-0.4, -0.2) is 42.1 Å². The molecule has 0 saturated heterocycles. The number of ether oxygens (including phenoxy) is 1. The maximum Gasteiger partial charge on any atom is 0.254 e. The Hall–Kier alpha value is -1.46. The summed E-state index contributed by atoms with van der Waals surface area (Å²) in [6.45, 7) is 5.42. The van der Waals surface area contributed by atoms with Gasteiger partial charge in [-0.05, 0) is 26.0 Å². The Balaban J connectivity index is 2.88. The molecule has 1 heterocycles. The van der Waals surface area contributed by atoms with Crippen molar-refractivity contribution in [1.29, 1.82) is 0 Å². The first-order valence-corrected chi connectivity index (χ1v) is 6.08. The van der Waals surface area contributed by atoms with Crippen LogP contribution in [-0.2, 0) is 11.3 Å². The first-order chi connectivity index (χ1) is 8.63. The van der Waals surface area contributed by atoms with Gasteiger partial charge in [0.1, 0.15) is 0 Å². The summed E-state index contributed by atoms with van der Waals surface area (Å²) in [5.74, 6) is -0.0147. The molecule has 5 nitrogen and oxygen atoms in total. The average Bonchev–Trinajstić information content (AvgIpc) is 2.40. The summed E-state index contributed by atoms with van der Waals surface area (Å²) in [6.07, 6.45) is 1.62. The van der Waals surface area contributed by atoms with Crippen LogP contribution in [0.5, 0.6) is 0 Å². The lowest BCUT2D eigenvalue weighted by atomic mass is 10.1. The predicted molar refractivity (Wildman–Crippen MR) is 70.2 cm³/mol. The van der Waals surface area contributed by atoms with Gasteiger partial charge >= 0.3 is 0 Å². The fourth-order valence-electron chi connectivity index (χ4n) is 1.88. The molecule has 0 fully saturated rings. The normalized spacial score (nSPS) is 12.2. The number of likely N-dealkylation sites (N-methyl/N-ethyl adjacent to an activating group) is 1. The molecular formula is C13H21N3O2. The van der Waals surface area contributed by atoms with Crippen LogP contribution in [0.25, 0.3) is 0 Å². The van der Waals surface area contributed by atoms with E-state index in [0.717, 1.165) is 5.69 Å². The minimum atomic E-state index is -0.0147. The Morgan fingerprint density at radius 3 is 2.89 bits per heavy atom. The zero-order valence-electron chi connectivity index (χ0n) is 11.2. The molecule has 2 N–H and O–H groups in total. The highest BCUT2D eigenvalue weighted by molar-refractivity contribution is 5.94. The van der Waals surface area contributed by atoms with Gasteiger partial charge in [-0.25, -0.2) is 0 Å². The predicted octanol–water partition coefficient (Wildman–Crippen LogP) is 1.04. The first-order valence-electron chi connectivity index (χ1n) is 6.08. The zero-order chi connectivity index (χ0) is 13.5. The lowest BCUT2D eigenvalue weighted by Crippen LogP contribution is -2.41. The van der Waals surface area contributed by atoms with E-state index in [1.807, 2.05) is 13.8 Å². The van der Waals surface area contributed by atoms with Crippen LogP contribution in [0.3, 0.4) is 0 Å². The number of methoxy groups -OCH3 is 1. The molecule has 0 bridgehead atoms. The van der Waals surface area contributed by atoms with Crippen molar-refractivity contribution in [2.45, 2.75) is 26.4 Å². The fraction of sp³-hybridized carbons (Fsp3) is 0.538. The van der Waals surface area contributed by atoms with E-state index in [4.69, 9.17) is 10.5 Å². The summed E-state index contributed by atoms with van der Waals surface area (Å²) in [5.41, 5.74) is 6.87. The molecule has 1 rings (SSSR count). The standard InChI is InChI=1S/C13H21N3O2/c1-4-16(10(2)9-18-3)13(17)11-5-6-15-12(7-11)8-14/h5-7,10H,4,8-9,14H2,1-3H3. The topological polar surface area (TPSA) is 68.5 Å². The molecule has 0 aliphatic carbocycles. The highest BCUT2D eigenvalue weighted by Gasteiger charge is 2.20. The van der Waals surface area contributed by atoms with E-state index in [-0.39, 0.29) is 11.9 Å². The zero-order valence-corrected chi connectivity index (χ0v) is 11.2. The van der Waals surface area contributed by atoms with Gasteiger partial charge in [0.05, 0.1) is 18.3 Å². The monoisotopic (exact) mass is 251 g/mol. The quantitative estimate of drug-likeness (QED) is 0.820. The van der Waals surface area contributed by atoms with Crippen molar-refractivity contribution >= 4 is 5.91 Å². The van der Waals surface area contributed by atoms with Crippen molar-refractivity contribution in [2.75, 3.05) is 20.3 Å². The molecule has 0 radical (unpaired) electrons. The van der Waals surface area contributed by atoms with Crippen molar-refractivity contribution in [1.82, 2.24) is 9.88 Å². The van der Waals surface area contributed by atoms with Gasteiger partial charge in [-0.15, -0.1) is 0 Å². The van der Waals surface area contributed by atoms with Gasteiger partial charge in [-0.2, -0.15) is 0 Å². The molecule has 0 spiro atoms. The number of hydrogen-bond acceptors (Lipinski definition) is 4. The third-order valence-electron chi connectivity index (χ3n) is 2.81. The van der Waals surface area contributed by atoms with Gasteiger partial charge < -0.3 is 15.4 Å². The summed E-state index contributed by atoms with van der Waals surface area (Å²) in [6, 6.07) is 3.50. The van der Waals surface area contributed by atoms with Crippen molar-refractivity contribution in [3.05, 3.63) is 29.6 Å². The van der Waals surface area contributed by atoms with Crippen LogP contribution in [0.15, 0.2) is 18.3 Å². The summed E-state index contributed by atoms with van der Waals surface area (Å²) >= 11 is 0. The molecule has 0 aliphatic heterocycles. The minimum absolute atomic E-state index is 0.0147. The third-order valence-corrected chi connectivity index (χ3v) is 2.81. The summed E-state index contributed by atoms with van der Waals surface area (Å²) in [4.78, 5) is 18.2. The molecule has 0 saturated carbocycles. The molecule has 1 amide bonds. The lowest BCUT2D eigenvalue weighted by Gasteiger charge is -2.27. The molecule has 0 aromatic carbocycles. The largest absolute Gasteiger partial charge is 0.383 e. The summed E-state index contributed by atoms with van der Waals surface area (Å²) in [5, 5.41) is 0. The average molecular weight is 251 g/mol. The molecule has 5 heteroatoms. The smallest absolute Gasteiger partial charge is 0.254 e. The van der Waals surface area contributed by atoms with E-state index >= 15 is 0 Å². The second-order valence-electron chi connectivity index (χ2n) is 4.14. The molecule has 1 aromatic rings. The van der Waals surface area contributed by atoms with Crippen LogP contribution in [0.1, 0.15) is 29.9 Å². The molecule has 100 valence electrons. The molecule has 1 aromatic heterocycles. The highest BCUT2D eigenvalue weighted by Crippen LogP contribution is 2.09. The van der Waals surface area contributed by atoms with Gasteiger partial charge in [-0.3, -0.25) is 9.78 Å². The van der Waals surface area contributed by atoms with E-state index in [1.54, 1.807) is 30.3 Å². The number of rotatable bonds is 6. The number of carbonyl (C=O) groups excluding carboxylic acids is 1. The number of pyridine rings is 1. The molecular weight excluding hydrogens is 230 g/mol. The van der Waals surface area contributed by atoms with Gasteiger partial charge in [0.25, 0.3) is 5.91 Å². The van der Waals surface area contributed by atoms with Crippen molar-refractivity contribution in [3.63, 3.8) is 0 Å². The van der Waals surface area contributed by atoms with Gasteiger partial charge in [0.2, 0.25) is 0 Å². The van der Waals surface area contributed by atoms with Crippen LogP contribution < -0.4 is 5.73 Å². The Morgan fingerprint density at radius 1 is 1.61 bits per heavy atom. The fourth-order valence-corrected chi connectivity index (χ4v) is 1.88. The Kier molecular flexibility index (Phi) is 5.74. The lowest BCUT2D eigenvalue weighted by molar-refractivity contribution is 0.0579. The maximum atomic E-state index is 12.4. The van der Waals surface area contributed by atoms with Gasteiger partial charge in [0, 0.05) is 32.0 Å². The summed E-state index contributed by atoms with van der Waals surface area (Å²) in [7, 11) is 1.63. The van der Waals surface area contributed by atoms with Gasteiger partial charge in [-0.1, -0.05) is 0 Å². The highest BCUT2D eigenvalue weighted by atomic mass is 16.5. The molecule has 18 heavy (non-hydrogen) atoms. The molecule has 1 atom stereocenters. The van der Waals surface area contributed by atoms with E-state index in [0.29, 0.717) is 25.3 Å². The van der Waals surface area contributed by atoms with Crippen molar-refractivity contribution in [2.24, 2.45) is 5.73 Å². The number of hydrogen-bond donors (Lipinski definition) is 1. The third kappa shape index (κ3) is 3.51. The molecule has 0 aliphatic rings. The Bertz CT molecular complexity index is 396. The second kappa shape index (κ2) is 7.08. The van der Waals surface area contributed by atoms with E-state index in [2.05, 4.69) is 4.98 Å². The first kappa shape index (κ1) is 14.6. The second-order valence-corrected chi connectivity index (χ2v) is 4.14. The summed E-state index contributed by atoms with van der Waals surface area (Å²) < 4.78 is 5.09. The van der Waals surface area contributed by atoms with Crippen molar-refractivity contribution in [3.8, 4) is 0 Å².